The Morgan fingerprint density at radius 2 is 1.94 bits per heavy atom. The molecule has 0 radical (unpaired) electrons. The van der Waals surface area contributed by atoms with Crippen molar-refractivity contribution >= 4 is 0 Å². The Morgan fingerprint density at radius 3 is 2.67 bits per heavy atom. The van der Waals surface area contributed by atoms with Crippen molar-refractivity contribution in [2.45, 2.75) is 57.5 Å². The maximum absolute atomic E-state index is 3.73. The average Bonchev–Trinajstić information content (AvgIpc) is 3.04. The van der Waals surface area contributed by atoms with Gasteiger partial charge in [-0.3, -0.25) is 0 Å². The Hall–Kier alpha value is -0.120. The Morgan fingerprint density at radius 1 is 1.17 bits per heavy atom. The first kappa shape index (κ1) is 14.3. The van der Waals surface area contributed by atoms with Gasteiger partial charge in [0.15, 0.2) is 0 Å². The second kappa shape index (κ2) is 7.46. The quantitative estimate of drug-likeness (QED) is 0.748. The van der Waals surface area contributed by atoms with Crippen molar-refractivity contribution in [2.75, 3.05) is 39.8 Å². The van der Waals surface area contributed by atoms with Gasteiger partial charge < -0.3 is 15.1 Å². The lowest BCUT2D eigenvalue weighted by atomic mass is 10.1. The molecule has 2 unspecified atom stereocenters. The van der Waals surface area contributed by atoms with E-state index in [0.717, 1.165) is 12.1 Å². The fourth-order valence-electron chi connectivity index (χ4n) is 3.51. The molecule has 0 aromatic carbocycles. The van der Waals surface area contributed by atoms with Crippen LogP contribution < -0.4 is 5.32 Å². The highest BCUT2D eigenvalue weighted by Crippen LogP contribution is 2.23. The van der Waals surface area contributed by atoms with Crippen LogP contribution in [0.4, 0.5) is 0 Å². The summed E-state index contributed by atoms with van der Waals surface area (Å²) in [6.07, 6.45) is 8.24. The highest BCUT2D eigenvalue weighted by atomic mass is 15.2. The molecule has 2 atom stereocenters. The highest BCUT2D eigenvalue weighted by Gasteiger charge is 2.29. The predicted octanol–water partition coefficient (Wildman–Crippen LogP) is 1.93. The van der Waals surface area contributed by atoms with Crippen molar-refractivity contribution in [3.8, 4) is 0 Å². The van der Waals surface area contributed by atoms with Gasteiger partial charge in [-0.15, -0.1) is 0 Å². The molecule has 1 aliphatic carbocycles. The number of nitrogens with zero attached hydrogens (tertiary/aromatic N) is 2. The average molecular weight is 253 g/mol. The van der Waals surface area contributed by atoms with Gasteiger partial charge >= 0.3 is 0 Å². The summed E-state index contributed by atoms with van der Waals surface area (Å²) in [5, 5.41) is 3.73. The van der Waals surface area contributed by atoms with Crippen molar-refractivity contribution < 1.29 is 0 Å². The molecule has 2 aliphatic rings. The molecule has 1 aliphatic heterocycles. The number of rotatable bonds is 7. The summed E-state index contributed by atoms with van der Waals surface area (Å²) in [5.74, 6) is 0. The number of hydrogen-bond donors (Lipinski definition) is 1. The summed E-state index contributed by atoms with van der Waals surface area (Å²) in [4.78, 5) is 5.23. The van der Waals surface area contributed by atoms with Crippen molar-refractivity contribution in [1.82, 2.24) is 15.1 Å². The number of nitrogens with one attached hydrogen (secondary N) is 1. The molecule has 2 fully saturated rings. The van der Waals surface area contributed by atoms with Crippen LogP contribution in [0, 0.1) is 0 Å². The molecule has 3 heteroatoms. The highest BCUT2D eigenvalue weighted by molar-refractivity contribution is 4.89. The summed E-state index contributed by atoms with van der Waals surface area (Å²) in [6, 6.07) is 1.52. The maximum atomic E-state index is 3.73. The molecule has 1 saturated heterocycles. The van der Waals surface area contributed by atoms with E-state index < -0.39 is 0 Å². The summed E-state index contributed by atoms with van der Waals surface area (Å²) in [6.45, 7) is 8.61. The molecule has 3 nitrogen and oxygen atoms in total. The van der Waals surface area contributed by atoms with Gasteiger partial charge in [0.05, 0.1) is 0 Å². The number of likely N-dealkylation sites (N-methyl/N-ethyl adjacent to an activating group) is 1. The zero-order valence-electron chi connectivity index (χ0n) is 12.3. The Balaban J connectivity index is 1.70. The van der Waals surface area contributed by atoms with Crippen LogP contribution >= 0.6 is 0 Å². The third kappa shape index (κ3) is 3.94. The van der Waals surface area contributed by atoms with Crippen LogP contribution in [-0.2, 0) is 0 Å². The van der Waals surface area contributed by atoms with Gasteiger partial charge in [0.25, 0.3) is 0 Å². The molecule has 0 aromatic heterocycles. The lowest BCUT2D eigenvalue weighted by molar-refractivity contribution is 0.184. The van der Waals surface area contributed by atoms with Gasteiger partial charge in [0, 0.05) is 25.2 Å². The molecule has 0 aromatic rings. The van der Waals surface area contributed by atoms with Crippen LogP contribution in [0.2, 0.25) is 0 Å². The third-order valence-electron chi connectivity index (χ3n) is 4.67. The molecule has 0 amide bonds. The minimum Gasteiger partial charge on any atom is -0.312 e. The minimum atomic E-state index is 0.744. The Bertz CT molecular complexity index is 226. The van der Waals surface area contributed by atoms with Gasteiger partial charge in [0.2, 0.25) is 0 Å². The molecule has 1 N–H and O–H groups in total. The molecule has 106 valence electrons. The van der Waals surface area contributed by atoms with Gasteiger partial charge in [-0.05, 0) is 58.8 Å². The SMILES string of the molecule is CCCNC1CCCC1N(C)CCN1CCCC1. The van der Waals surface area contributed by atoms with Crippen molar-refractivity contribution in [1.29, 1.82) is 0 Å². The molecule has 1 heterocycles. The lowest BCUT2D eigenvalue weighted by Crippen LogP contribution is -2.47. The van der Waals surface area contributed by atoms with E-state index in [1.807, 2.05) is 0 Å². The summed E-state index contributed by atoms with van der Waals surface area (Å²) >= 11 is 0. The zero-order valence-corrected chi connectivity index (χ0v) is 12.3. The summed E-state index contributed by atoms with van der Waals surface area (Å²) in [7, 11) is 2.33. The van der Waals surface area contributed by atoms with E-state index >= 15 is 0 Å². The molecular formula is C15H31N3. The smallest absolute Gasteiger partial charge is 0.0246 e. The zero-order chi connectivity index (χ0) is 12.8. The topological polar surface area (TPSA) is 18.5 Å². The predicted molar refractivity (Wildman–Crippen MR) is 78.0 cm³/mol. The largest absolute Gasteiger partial charge is 0.312 e. The Labute approximate surface area is 113 Å². The fraction of sp³-hybridized carbons (Fsp3) is 1.00. The second-order valence-electron chi connectivity index (χ2n) is 6.09. The van der Waals surface area contributed by atoms with Crippen LogP contribution in [0.1, 0.15) is 45.4 Å². The van der Waals surface area contributed by atoms with Crippen LogP contribution in [-0.4, -0.2) is 61.7 Å². The molecule has 0 spiro atoms. The van der Waals surface area contributed by atoms with Gasteiger partial charge in [0.1, 0.15) is 0 Å². The number of likely N-dealkylation sites (tertiary alicyclic amines) is 1. The van der Waals surface area contributed by atoms with E-state index in [4.69, 9.17) is 0 Å². The van der Waals surface area contributed by atoms with E-state index in [-0.39, 0.29) is 0 Å². The van der Waals surface area contributed by atoms with Crippen molar-refractivity contribution in [3.63, 3.8) is 0 Å². The van der Waals surface area contributed by atoms with Crippen LogP contribution in [0.3, 0.4) is 0 Å². The van der Waals surface area contributed by atoms with Crippen LogP contribution in [0.15, 0.2) is 0 Å². The van der Waals surface area contributed by atoms with E-state index in [0.29, 0.717) is 0 Å². The third-order valence-corrected chi connectivity index (χ3v) is 4.67. The first-order valence-corrected chi connectivity index (χ1v) is 7.97. The maximum Gasteiger partial charge on any atom is 0.0246 e. The number of hydrogen-bond acceptors (Lipinski definition) is 3. The van der Waals surface area contributed by atoms with Gasteiger partial charge in [-0.2, -0.15) is 0 Å². The standard InChI is InChI=1S/C15H31N3/c1-3-9-16-14-7-6-8-15(14)17(2)12-13-18-10-4-5-11-18/h14-16H,3-13H2,1-2H3. The molecule has 0 bridgehead atoms. The van der Waals surface area contributed by atoms with E-state index in [9.17, 15) is 0 Å². The van der Waals surface area contributed by atoms with E-state index in [1.54, 1.807) is 0 Å². The van der Waals surface area contributed by atoms with E-state index in [1.165, 1.54) is 71.2 Å². The summed E-state index contributed by atoms with van der Waals surface area (Å²) in [5.41, 5.74) is 0. The monoisotopic (exact) mass is 253 g/mol. The van der Waals surface area contributed by atoms with Gasteiger partial charge in [-0.25, -0.2) is 0 Å². The normalized spacial score (nSPS) is 29.5. The van der Waals surface area contributed by atoms with Crippen LogP contribution in [0.5, 0.6) is 0 Å². The molecular weight excluding hydrogens is 222 g/mol. The second-order valence-corrected chi connectivity index (χ2v) is 6.09. The lowest BCUT2D eigenvalue weighted by Gasteiger charge is -2.31. The molecule has 2 rings (SSSR count). The van der Waals surface area contributed by atoms with Crippen molar-refractivity contribution in [2.24, 2.45) is 0 Å². The first-order chi connectivity index (χ1) is 8.81. The van der Waals surface area contributed by atoms with Crippen LogP contribution in [0.25, 0.3) is 0 Å². The van der Waals surface area contributed by atoms with Gasteiger partial charge in [-0.1, -0.05) is 13.3 Å². The first-order valence-electron chi connectivity index (χ1n) is 7.97. The molecule has 18 heavy (non-hydrogen) atoms. The minimum absolute atomic E-state index is 0.744. The Kier molecular flexibility index (Phi) is 5.93. The summed E-state index contributed by atoms with van der Waals surface area (Å²) < 4.78 is 0. The van der Waals surface area contributed by atoms with E-state index in [2.05, 4.69) is 29.1 Å². The fourth-order valence-corrected chi connectivity index (χ4v) is 3.51. The molecule has 1 saturated carbocycles. The van der Waals surface area contributed by atoms with Crippen molar-refractivity contribution in [3.05, 3.63) is 0 Å².